The van der Waals surface area contributed by atoms with Crippen molar-refractivity contribution in [3.8, 4) is 6.07 Å². The Kier molecular flexibility index (Phi) is 4.14. The smallest absolute Gasteiger partial charge is 0.254 e. The molecule has 2 heterocycles. The number of nitrogens with one attached hydrogen (secondary N) is 1. The number of amides is 1. The molecule has 1 atom stereocenters. The van der Waals surface area contributed by atoms with Crippen molar-refractivity contribution in [2.75, 3.05) is 6.54 Å². The van der Waals surface area contributed by atoms with Crippen molar-refractivity contribution in [3.63, 3.8) is 0 Å². The van der Waals surface area contributed by atoms with E-state index in [1.54, 1.807) is 6.07 Å². The quantitative estimate of drug-likeness (QED) is 0.544. The number of carbonyl (C=O) groups excluding carboxylic acids is 1. The molecular formula is C25H19N3O. The molecule has 4 aromatic rings. The third-order valence-corrected chi connectivity index (χ3v) is 5.65. The monoisotopic (exact) mass is 377 g/mol. The van der Waals surface area contributed by atoms with Gasteiger partial charge in [0.1, 0.15) is 0 Å². The minimum atomic E-state index is -0.257. The first-order chi connectivity index (χ1) is 14.3. The Labute approximate surface area is 169 Å². The van der Waals surface area contributed by atoms with E-state index in [1.165, 1.54) is 10.9 Å². The van der Waals surface area contributed by atoms with Crippen LogP contribution in [0.1, 0.15) is 38.8 Å². The van der Waals surface area contributed by atoms with Crippen molar-refractivity contribution in [2.45, 2.75) is 12.5 Å². The summed E-state index contributed by atoms with van der Waals surface area (Å²) < 4.78 is 0. The Morgan fingerprint density at radius 2 is 1.79 bits per heavy atom. The fourth-order valence-corrected chi connectivity index (χ4v) is 4.33. The van der Waals surface area contributed by atoms with Gasteiger partial charge in [-0.3, -0.25) is 4.79 Å². The van der Waals surface area contributed by atoms with Crippen molar-refractivity contribution < 1.29 is 4.79 Å². The normalized spacial score (nSPS) is 15.7. The summed E-state index contributed by atoms with van der Waals surface area (Å²) in [4.78, 5) is 18.9. The lowest BCUT2D eigenvalue weighted by molar-refractivity contribution is 0.0692. The Balaban J connectivity index is 1.69. The lowest BCUT2D eigenvalue weighted by Gasteiger charge is -2.36. The van der Waals surface area contributed by atoms with Gasteiger partial charge in [0.15, 0.2) is 0 Å². The van der Waals surface area contributed by atoms with Gasteiger partial charge in [0.2, 0.25) is 0 Å². The second-order valence-corrected chi connectivity index (χ2v) is 7.32. The number of para-hydroxylation sites is 1. The molecule has 1 aliphatic heterocycles. The van der Waals surface area contributed by atoms with E-state index in [9.17, 15) is 10.1 Å². The number of nitriles is 1. The number of hydrogen-bond acceptors (Lipinski definition) is 2. The number of benzene rings is 3. The summed E-state index contributed by atoms with van der Waals surface area (Å²) in [5, 5.41) is 10.6. The predicted molar refractivity (Wildman–Crippen MR) is 112 cm³/mol. The summed E-state index contributed by atoms with van der Waals surface area (Å²) in [6.45, 7) is 0.629. The van der Waals surface area contributed by atoms with E-state index >= 15 is 0 Å². The molecule has 1 unspecified atom stereocenters. The van der Waals surface area contributed by atoms with E-state index in [4.69, 9.17) is 0 Å². The van der Waals surface area contributed by atoms with Crippen LogP contribution in [-0.2, 0) is 6.42 Å². The molecule has 140 valence electrons. The van der Waals surface area contributed by atoms with Gasteiger partial charge in [-0.15, -0.1) is 0 Å². The SMILES string of the molecule is N#Cc1cccc(C2c3[nH]c4ccccc4c3CCN2C(=O)c2ccccc2)c1. The van der Waals surface area contributed by atoms with Crippen molar-refractivity contribution >= 4 is 16.8 Å². The number of fused-ring (bicyclic) bond motifs is 3. The van der Waals surface area contributed by atoms with Crippen LogP contribution in [0.3, 0.4) is 0 Å². The molecule has 1 aliphatic rings. The minimum absolute atomic E-state index is 0.00210. The highest BCUT2D eigenvalue weighted by Gasteiger charge is 2.34. The van der Waals surface area contributed by atoms with Gasteiger partial charge in [0.25, 0.3) is 5.91 Å². The zero-order valence-corrected chi connectivity index (χ0v) is 15.8. The van der Waals surface area contributed by atoms with Crippen LogP contribution in [0.15, 0.2) is 78.9 Å². The maximum Gasteiger partial charge on any atom is 0.254 e. The molecule has 1 aromatic heterocycles. The third-order valence-electron chi connectivity index (χ3n) is 5.65. The number of rotatable bonds is 2. The zero-order valence-electron chi connectivity index (χ0n) is 15.8. The molecule has 0 aliphatic carbocycles. The van der Waals surface area contributed by atoms with Gasteiger partial charge in [0, 0.05) is 28.7 Å². The van der Waals surface area contributed by atoms with Gasteiger partial charge in [0.05, 0.1) is 17.7 Å². The van der Waals surface area contributed by atoms with Gasteiger partial charge in [-0.05, 0) is 47.9 Å². The molecule has 5 rings (SSSR count). The first-order valence-electron chi connectivity index (χ1n) is 9.72. The number of H-pyrrole nitrogens is 1. The average molecular weight is 377 g/mol. The number of aromatic amines is 1. The van der Waals surface area contributed by atoms with Gasteiger partial charge in [-0.25, -0.2) is 0 Å². The number of hydrogen-bond donors (Lipinski definition) is 1. The van der Waals surface area contributed by atoms with Crippen molar-refractivity contribution in [3.05, 3.63) is 107 Å². The fourth-order valence-electron chi connectivity index (χ4n) is 4.33. The van der Waals surface area contributed by atoms with Crippen LogP contribution < -0.4 is 0 Å². The molecular weight excluding hydrogens is 358 g/mol. The van der Waals surface area contributed by atoms with Crippen molar-refractivity contribution in [2.24, 2.45) is 0 Å². The van der Waals surface area contributed by atoms with Crippen molar-refractivity contribution in [1.82, 2.24) is 9.88 Å². The minimum Gasteiger partial charge on any atom is -0.356 e. The van der Waals surface area contributed by atoms with Gasteiger partial charge < -0.3 is 9.88 Å². The van der Waals surface area contributed by atoms with Gasteiger partial charge >= 0.3 is 0 Å². The first kappa shape index (κ1) is 17.3. The molecule has 3 aromatic carbocycles. The van der Waals surface area contributed by atoms with Crippen LogP contribution >= 0.6 is 0 Å². The standard InChI is InChI=1S/C25H19N3O/c26-16-17-7-6-10-19(15-17)24-23-21(20-11-4-5-12-22(20)27-23)13-14-28(24)25(29)18-8-2-1-3-9-18/h1-12,15,24,27H,13-14H2. The molecule has 29 heavy (non-hydrogen) atoms. The molecule has 0 bridgehead atoms. The molecule has 1 N–H and O–H groups in total. The van der Waals surface area contributed by atoms with Crippen LogP contribution in [0, 0.1) is 11.3 Å². The van der Waals surface area contributed by atoms with E-state index in [1.807, 2.05) is 65.6 Å². The summed E-state index contributed by atoms with van der Waals surface area (Å²) >= 11 is 0. The lowest BCUT2D eigenvalue weighted by atomic mass is 9.91. The summed E-state index contributed by atoms with van der Waals surface area (Å²) in [5.41, 5.74) is 5.59. The average Bonchev–Trinajstić information content (AvgIpc) is 3.17. The summed E-state index contributed by atoms with van der Waals surface area (Å²) in [6.07, 6.45) is 0.798. The maximum atomic E-state index is 13.4. The topological polar surface area (TPSA) is 59.9 Å². The van der Waals surface area contributed by atoms with E-state index in [2.05, 4.69) is 23.2 Å². The molecule has 0 saturated carbocycles. The predicted octanol–water partition coefficient (Wildman–Crippen LogP) is 4.83. The Hall–Kier alpha value is -3.84. The highest BCUT2D eigenvalue weighted by Crippen LogP contribution is 2.39. The van der Waals surface area contributed by atoms with Crippen LogP contribution in [0.25, 0.3) is 10.9 Å². The largest absolute Gasteiger partial charge is 0.356 e. The summed E-state index contributed by atoms with van der Waals surface area (Å²) in [6, 6.07) is 27.2. The van der Waals surface area contributed by atoms with E-state index in [0.29, 0.717) is 17.7 Å². The zero-order chi connectivity index (χ0) is 19.8. The second kappa shape index (κ2) is 6.96. The highest BCUT2D eigenvalue weighted by atomic mass is 16.2. The molecule has 0 saturated heterocycles. The highest BCUT2D eigenvalue weighted by molar-refractivity contribution is 5.95. The van der Waals surface area contributed by atoms with Crippen LogP contribution in [0.5, 0.6) is 0 Å². The third kappa shape index (κ3) is 2.88. The van der Waals surface area contributed by atoms with Crippen LogP contribution in [0.4, 0.5) is 0 Å². The number of carbonyl (C=O) groups is 1. The summed E-state index contributed by atoms with van der Waals surface area (Å²) in [5.74, 6) is 0.00210. The summed E-state index contributed by atoms with van der Waals surface area (Å²) in [7, 11) is 0. The van der Waals surface area contributed by atoms with E-state index in [-0.39, 0.29) is 11.9 Å². The van der Waals surface area contributed by atoms with Crippen molar-refractivity contribution in [1.29, 1.82) is 5.26 Å². The molecule has 0 spiro atoms. The van der Waals surface area contributed by atoms with E-state index < -0.39 is 0 Å². The molecule has 4 heteroatoms. The maximum absolute atomic E-state index is 13.4. The van der Waals surface area contributed by atoms with Crippen LogP contribution in [0.2, 0.25) is 0 Å². The van der Waals surface area contributed by atoms with Gasteiger partial charge in [-0.1, -0.05) is 48.5 Å². The van der Waals surface area contributed by atoms with Crippen LogP contribution in [-0.4, -0.2) is 22.3 Å². The second-order valence-electron chi connectivity index (χ2n) is 7.32. The van der Waals surface area contributed by atoms with E-state index in [0.717, 1.165) is 23.2 Å². The molecule has 1 amide bonds. The van der Waals surface area contributed by atoms with Gasteiger partial charge in [-0.2, -0.15) is 5.26 Å². The Bertz CT molecular complexity index is 1250. The molecule has 0 fully saturated rings. The number of aromatic nitrogens is 1. The molecule has 4 nitrogen and oxygen atoms in total. The Morgan fingerprint density at radius 3 is 2.62 bits per heavy atom. The molecule has 0 radical (unpaired) electrons. The first-order valence-corrected chi connectivity index (χ1v) is 9.72. The lowest BCUT2D eigenvalue weighted by Crippen LogP contribution is -2.40. The fraction of sp³-hybridized carbons (Fsp3) is 0.120. The Morgan fingerprint density at radius 1 is 1.00 bits per heavy atom. The number of nitrogens with zero attached hydrogens (tertiary/aromatic N) is 2.